The van der Waals surface area contributed by atoms with Crippen LogP contribution in [-0.4, -0.2) is 47.4 Å². The monoisotopic (exact) mass is 425 g/mol. The van der Waals surface area contributed by atoms with Crippen LogP contribution in [0.25, 0.3) is 0 Å². The number of hydrogen-bond acceptors (Lipinski definition) is 5. The number of methoxy groups -OCH3 is 1. The van der Waals surface area contributed by atoms with Crippen LogP contribution in [0.5, 0.6) is 0 Å². The molecule has 1 aromatic carbocycles. The SMILES string of the molecule is CCNC(=O)c1c2c(cn(Cc3ccccc3)c1=O)CN(C(=O)CCC(=O)OC)CC2. The van der Waals surface area contributed by atoms with Gasteiger partial charge >= 0.3 is 5.97 Å². The van der Waals surface area contributed by atoms with Gasteiger partial charge in [-0.05, 0) is 30.0 Å². The smallest absolute Gasteiger partial charge is 0.306 e. The zero-order chi connectivity index (χ0) is 22.4. The molecule has 0 unspecified atom stereocenters. The Bertz CT molecular complexity index is 1030. The quantitative estimate of drug-likeness (QED) is 0.678. The zero-order valence-electron chi connectivity index (χ0n) is 17.8. The Labute approximate surface area is 180 Å². The molecule has 1 aromatic heterocycles. The molecule has 31 heavy (non-hydrogen) atoms. The van der Waals surface area contributed by atoms with E-state index in [1.807, 2.05) is 30.3 Å². The van der Waals surface area contributed by atoms with Crippen LogP contribution in [0.2, 0.25) is 0 Å². The first kappa shape index (κ1) is 22.3. The van der Waals surface area contributed by atoms with Crippen LogP contribution in [0, 0.1) is 0 Å². The minimum Gasteiger partial charge on any atom is -0.469 e. The summed E-state index contributed by atoms with van der Waals surface area (Å²) in [6, 6.07) is 9.52. The fourth-order valence-electron chi connectivity index (χ4n) is 3.77. The normalized spacial score (nSPS) is 12.8. The zero-order valence-corrected chi connectivity index (χ0v) is 17.8. The maximum absolute atomic E-state index is 13.2. The summed E-state index contributed by atoms with van der Waals surface area (Å²) in [4.78, 5) is 51.4. The summed E-state index contributed by atoms with van der Waals surface area (Å²) in [5, 5.41) is 2.73. The van der Waals surface area contributed by atoms with E-state index in [9.17, 15) is 19.2 Å². The lowest BCUT2D eigenvalue weighted by molar-refractivity contribution is -0.143. The number of aromatic nitrogens is 1. The van der Waals surface area contributed by atoms with Gasteiger partial charge < -0.3 is 19.5 Å². The van der Waals surface area contributed by atoms with E-state index in [2.05, 4.69) is 10.1 Å². The Morgan fingerprint density at radius 2 is 1.87 bits per heavy atom. The van der Waals surface area contributed by atoms with Gasteiger partial charge in [-0.15, -0.1) is 0 Å². The number of esters is 1. The van der Waals surface area contributed by atoms with Gasteiger partial charge in [0.05, 0.1) is 20.1 Å². The van der Waals surface area contributed by atoms with Crippen LogP contribution in [0.1, 0.15) is 46.8 Å². The summed E-state index contributed by atoms with van der Waals surface area (Å²) < 4.78 is 6.13. The third-order valence-corrected chi connectivity index (χ3v) is 5.35. The van der Waals surface area contributed by atoms with E-state index in [1.54, 1.807) is 18.0 Å². The van der Waals surface area contributed by atoms with Crippen molar-refractivity contribution in [2.24, 2.45) is 0 Å². The van der Waals surface area contributed by atoms with E-state index in [4.69, 9.17) is 0 Å². The van der Waals surface area contributed by atoms with E-state index >= 15 is 0 Å². The summed E-state index contributed by atoms with van der Waals surface area (Å²) in [5.41, 5.74) is 2.22. The van der Waals surface area contributed by atoms with Gasteiger partial charge in [-0.25, -0.2) is 0 Å². The summed E-state index contributed by atoms with van der Waals surface area (Å²) in [6.07, 6.45) is 2.24. The van der Waals surface area contributed by atoms with Gasteiger partial charge in [-0.2, -0.15) is 0 Å². The number of carbonyl (C=O) groups excluding carboxylic acids is 3. The van der Waals surface area contributed by atoms with Crippen molar-refractivity contribution in [3.05, 3.63) is 69.1 Å². The van der Waals surface area contributed by atoms with Crippen LogP contribution < -0.4 is 10.9 Å². The number of nitrogens with one attached hydrogen (secondary N) is 1. The van der Waals surface area contributed by atoms with Crippen molar-refractivity contribution in [1.29, 1.82) is 0 Å². The number of amides is 2. The molecule has 8 heteroatoms. The van der Waals surface area contributed by atoms with Crippen LogP contribution in [0.3, 0.4) is 0 Å². The number of fused-ring (bicyclic) bond motifs is 1. The number of ether oxygens (including phenoxy) is 1. The van der Waals surface area contributed by atoms with E-state index in [0.29, 0.717) is 31.6 Å². The van der Waals surface area contributed by atoms with Gasteiger partial charge in [0.25, 0.3) is 11.5 Å². The fourth-order valence-corrected chi connectivity index (χ4v) is 3.77. The molecule has 0 bridgehead atoms. The second-order valence-corrected chi connectivity index (χ2v) is 7.43. The molecule has 0 aliphatic carbocycles. The minimum atomic E-state index is -0.430. The molecular formula is C23H27N3O5. The maximum atomic E-state index is 13.2. The topological polar surface area (TPSA) is 97.7 Å². The average molecular weight is 425 g/mol. The van der Waals surface area contributed by atoms with Crippen LogP contribution in [-0.2, 0) is 33.8 Å². The number of rotatable bonds is 7. The van der Waals surface area contributed by atoms with Crippen LogP contribution in [0.4, 0.5) is 0 Å². The van der Waals surface area contributed by atoms with Gasteiger partial charge in [0.15, 0.2) is 0 Å². The molecule has 1 aliphatic rings. The van der Waals surface area contributed by atoms with Crippen LogP contribution >= 0.6 is 0 Å². The first-order chi connectivity index (χ1) is 14.9. The highest BCUT2D eigenvalue weighted by atomic mass is 16.5. The molecule has 2 aromatic rings. The highest BCUT2D eigenvalue weighted by Gasteiger charge is 2.28. The van der Waals surface area contributed by atoms with Crippen molar-refractivity contribution in [3.63, 3.8) is 0 Å². The summed E-state index contributed by atoms with van der Waals surface area (Å²) >= 11 is 0. The Morgan fingerprint density at radius 1 is 1.13 bits per heavy atom. The first-order valence-electron chi connectivity index (χ1n) is 10.4. The lowest BCUT2D eigenvalue weighted by atomic mass is 9.95. The van der Waals surface area contributed by atoms with Gasteiger partial charge in [-0.1, -0.05) is 30.3 Å². The Balaban J connectivity index is 1.93. The lowest BCUT2D eigenvalue weighted by Gasteiger charge is -2.30. The van der Waals surface area contributed by atoms with Gasteiger partial charge in [-0.3, -0.25) is 19.2 Å². The van der Waals surface area contributed by atoms with E-state index < -0.39 is 11.9 Å². The van der Waals surface area contributed by atoms with Crippen molar-refractivity contribution in [2.45, 2.75) is 39.3 Å². The number of pyridine rings is 1. The Morgan fingerprint density at radius 3 is 2.55 bits per heavy atom. The van der Waals surface area contributed by atoms with Gasteiger partial charge in [0.1, 0.15) is 5.56 Å². The summed E-state index contributed by atoms with van der Waals surface area (Å²) in [5.74, 6) is -0.978. The van der Waals surface area contributed by atoms with Crippen molar-refractivity contribution in [1.82, 2.24) is 14.8 Å². The highest BCUT2D eigenvalue weighted by Crippen LogP contribution is 2.22. The van der Waals surface area contributed by atoms with E-state index in [1.165, 1.54) is 11.7 Å². The van der Waals surface area contributed by atoms with E-state index in [0.717, 1.165) is 11.1 Å². The molecule has 2 amide bonds. The third kappa shape index (κ3) is 5.20. The fraction of sp³-hybridized carbons (Fsp3) is 0.391. The molecule has 0 fully saturated rings. The number of carbonyl (C=O) groups is 3. The number of hydrogen-bond donors (Lipinski definition) is 1. The van der Waals surface area contributed by atoms with Crippen LogP contribution in [0.15, 0.2) is 41.3 Å². The maximum Gasteiger partial charge on any atom is 0.306 e. The molecule has 0 saturated heterocycles. The second kappa shape index (κ2) is 10.1. The predicted octanol–water partition coefficient (Wildman–Crippen LogP) is 1.48. The molecule has 2 heterocycles. The molecule has 0 atom stereocenters. The second-order valence-electron chi connectivity index (χ2n) is 7.43. The van der Waals surface area contributed by atoms with Gasteiger partial charge in [0.2, 0.25) is 5.91 Å². The van der Waals surface area contributed by atoms with Crippen molar-refractivity contribution in [2.75, 3.05) is 20.2 Å². The summed E-state index contributed by atoms with van der Waals surface area (Å²) in [6.45, 7) is 3.23. The molecule has 0 saturated carbocycles. The molecule has 1 N–H and O–H groups in total. The molecule has 8 nitrogen and oxygen atoms in total. The number of nitrogens with zero attached hydrogens (tertiary/aromatic N) is 2. The lowest BCUT2D eigenvalue weighted by Crippen LogP contribution is -2.41. The molecular weight excluding hydrogens is 398 g/mol. The largest absolute Gasteiger partial charge is 0.469 e. The standard InChI is InChI=1S/C23H27N3O5/c1-3-24-22(29)21-18-11-12-25(19(27)9-10-20(28)31-2)14-17(18)15-26(23(21)30)13-16-7-5-4-6-8-16/h4-8,15H,3,9-14H2,1-2H3,(H,24,29). The Kier molecular flexibility index (Phi) is 7.23. The Hall–Kier alpha value is -3.42. The minimum absolute atomic E-state index is 0.0242. The highest BCUT2D eigenvalue weighted by molar-refractivity contribution is 5.95. The van der Waals surface area contributed by atoms with Crippen molar-refractivity contribution < 1.29 is 19.1 Å². The predicted molar refractivity (Wildman–Crippen MR) is 115 cm³/mol. The molecule has 0 radical (unpaired) electrons. The average Bonchev–Trinajstić information content (AvgIpc) is 2.78. The molecule has 1 aliphatic heterocycles. The summed E-state index contributed by atoms with van der Waals surface area (Å²) in [7, 11) is 1.29. The molecule has 0 spiro atoms. The molecule has 164 valence electrons. The number of benzene rings is 1. The first-order valence-corrected chi connectivity index (χ1v) is 10.4. The van der Waals surface area contributed by atoms with E-state index in [-0.39, 0.29) is 36.4 Å². The molecule has 3 rings (SSSR count). The van der Waals surface area contributed by atoms with Gasteiger partial charge in [0, 0.05) is 32.3 Å². The third-order valence-electron chi connectivity index (χ3n) is 5.35. The van der Waals surface area contributed by atoms with Crippen molar-refractivity contribution in [3.8, 4) is 0 Å². The van der Waals surface area contributed by atoms with Crippen molar-refractivity contribution >= 4 is 17.8 Å².